The summed E-state index contributed by atoms with van der Waals surface area (Å²) >= 11 is 18.5. The van der Waals surface area contributed by atoms with Gasteiger partial charge in [-0.25, -0.2) is 13.2 Å². The molecule has 0 heterocycles. The van der Waals surface area contributed by atoms with E-state index in [0.29, 0.717) is 12.1 Å². The van der Waals surface area contributed by atoms with E-state index in [1.54, 1.807) is 0 Å². The van der Waals surface area contributed by atoms with Crippen molar-refractivity contribution in [3.8, 4) is 0 Å². The second kappa shape index (κ2) is 12.1. The zero-order valence-corrected chi connectivity index (χ0v) is 23.7. The lowest BCUT2D eigenvalue weighted by Crippen LogP contribution is -2.19. The molecule has 0 bridgehead atoms. The Kier molecular flexibility index (Phi) is 9.05. The van der Waals surface area contributed by atoms with E-state index < -0.39 is 74.5 Å². The molecule has 3 aromatic rings. The maximum atomic E-state index is 14.9. The summed E-state index contributed by atoms with van der Waals surface area (Å²) in [5.41, 5.74) is -3.13. The molecule has 0 spiro atoms. The summed E-state index contributed by atoms with van der Waals surface area (Å²) in [5, 5.41) is 6.54. The number of anilines is 3. The molecular weight excluding hydrogens is 647 g/mol. The van der Waals surface area contributed by atoms with Crippen LogP contribution in [0.1, 0.15) is 33.8 Å². The van der Waals surface area contributed by atoms with Crippen molar-refractivity contribution in [2.24, 2.45) is 5.92 Å². The van der Waals surface area contributed by atoms with Gasteiger partial charge in [-0.15, -0.1) is 29.8 Å². The fourth-order valence-corrected chi connectivity index (χ4v) is 5.33. The minimum absolute atomic E-state index is 0.0264. The second-order valence-corrected chi connectivity index (χ2v) is 11.2. The van der Waals surface area contributed by atoms with Gasteiger partial charge < -0.3 is 16.0 Å². The molecule has 0 aliphatic heterocycles. The Morgan fingerprint density at radius 3 is 2.30 bits per heavy atom. The van der Waals surface area contributed by atoms with E-state index in [2.05, 4.69) is 17.2 Å². The van der Waals surface area contributed by atoms with E-state index in [0.717, 1.165) is 24.3 Å². The molecule has 0 radical (unpaired) electrons. The van der Waals surface area contributed by atoms with Gasteiger partial charge in [0, 0.05) is 18.0 Å². The molecule has 1 aliphatic carbocycles. The van der Waals surface area contributed by atoms with E-state index in [4.69, 9.17) is 34.8 Å². The smallest absolute Gasteiger partial charge is 0.326 e. The first-order chi connectivity index (χ1) is 20.0. The lowest BCUT2D eigenvalue weighted by atomic mass is 10.0. The number of alkyl halides is 5. The normalized spacial score (nSPS) is 17.1. The van der Waals surface area contributed by atoms with Crippen LogP contribution in [-0.2, 0) is 15.8 Å². The van der Waals surface area contributed by atoms with Gasteiger partial charge in [0.2, 0.25) is 11.8 Å². The third-order valence-electron chi connectivity index (χ3n) is 6.35. The molecule has 2 atom stereocenters. The lowest BCUT2D eigenvalue weighted by molar-refractivity contribution is -0.137. The van der Waals surface area contributed by atoms with Crippen LogP contribution in [0.25, 0.3) is 0 Å². The Labute approximate surface area is 255 Å². The van der Waals surface area contributed by atoms with Crippen LogP contribution in [0.2, 0.25) is 5.02 Å². The summed E-state index contributed by atoms with van der Waals surface area (Å²) in [4.78, 5) is 37.7. The van der Waals surface area contributed by atoms with Crippen LogP contribution < -0.4 is 16.0 Å². The van der Waals surface area contributed by atoms with Crippen molar-refractivity contribution in [2.45, 2.75) is 22.8 Å². The third kappa shape index (κ3) is 6.92. The minimum Gasteiger partial charge on any atom is -0.326 e. The van der Waals surface area contributed by atoms with Gasteiger partial charge >= 0.3 is 6.18 Å². The highest BCUT2D eigenvalue weighted by Crippen LogP contribution is 2.65. The fraction of sp³-hybridized carbons (Fsp3) is 0.179. The summed E-state index contributed by atoms with van der Waals surface area (Å²) in [7, 11) is 0. The molecule has 0 saturated heterocycles. The van der Waals surface area contributed by atoms with Gasteiger partial charge in [-0.05, 0) is 54.1 Å². The van der Waals surface area contributed by atoms with E-state index in [9.17, 15) is 40.7 Å². The van der Waals surface area contributed by atoms with Gasteiger partial charge in [-0.1, -0.05) is 17.7 Å². The molecule has 1 fully saturated rings. The quantitative estimate of drug-likeness (QED) is 0.129. The van der Waals surface area contributed by atoms with E-state index >= 15 is 0 Å². The second-order valence-electron chi connectivity index (χ2n) is 9.36. The SMILES string of the molecule is C=CCC(=O)Nc1c(F)ccc(NC(=O)c2cc(NC(=O)[C@H]3[C@H](c4cc(F)cc(C(F)(F)F)c4)C3(Cl)Cl)ccc2Cl)c1F. The molecule has 1 aliphatic rings. The van der Waals surface area contributed by atoms with Crippen LogP contribution in [0, 0.1) is 23.4 Å². The van der Waals surface area contributed by atoms with Gasteiger partial charge in [-0.2, -0.15) is 13.2 Å². The molecule has 3 amide bonds. The average Bonchev–Trinajstić information content (AvgIpc) is 3.50. The number of benzene rings is 3. The zero-order chi connectivity index (χ0) is 31.9. The number of hydrogen-bond donors (Lipinski definition) is 3. The maximum absolute atomic E-state index is 14.9. The van der Waals surface area contributed by atoms with Gasteiger partial charge in [0.05, 0.1) is 27.8 Å². The average molecular weight is 665 g/mol. The van der Waals surface area contributed by atoms with Gasteiger partial charge in [-0.3, -0.25) is 14.4 Å². The highest BCUT2D eigenvalue weighted by molar-refractivity contribution is 6.53. The third-order valence-corrected chi connectivity index (χ3v) is 7.62. The maximum Gasteiger partial charge on any atom is 0.416 e. The monoisotopic (exact) mass is 663 g/mol. The molecule has 1 saturated carbocycles. The van der Waals surface area contributed by atoms with Gasteiger partial charge in [0.25, 0.3) is 5.91 Å². The first kappa shape index (κ1) is 32.2. The Hall–Kier alpha value is -3.74. The fourth-order valence-electron chi connectivity index (χ4n) is 4.30. The Balaban J connectivity index is 1.53. The van der Waals surface area contributed by atoms with Crippen molar-refractivity contribution in [3.05, 3.63) is 100 Å². The zero-order valence-electron chi connectivity index (χ0n) is 21.4. The molecule has 6 nitrogen and oxygen atoms in total. The molecule has 0 aromatic heterocycles. The van der Waals surface area contributed by atoms with Crippen molar-refractivity contribution in [2.75, 3.05) is 16.0 Å². The van der Waals surface area contributed by atoms with E-state index in [1.165, 1.54) is 18.2 Å². The summed E-state index contributed by atoms with van der Waals surface area (Å²) in [5.74, 6) is -8.66. The summed E-state index contributed by atoms with van der Waals surface area (Å²) in [6.45, 7) is 3.35. The molecule has 3 N–H and O–H groups in total. The summed E-state index contributed by atoms with van der Waals surface area (Å²) < 4.78 is 80.6. The Morgan fingerprint density at radius 2 is 1.65 bits per heavy atom. The summed E-state index contributed by atoms with van der Waals surface area (Å²) in [6.07, 6.45) is -3.86. The number of halogens is 9. The Morgan fingerprint density at radius 1 is 0.953 bits per heavy atom. The van der Waals surface area contributed by atoms with Crippen LogP contribution in [-0.4, -0.2) is 22.1 Å². The van der Waals surface area contributed by atoms with Crippen molar-refractivity contribution < 1.29 is 40.7 Å². The number of carbonyl (C=O) groups is 3. The predicted molar refractivity (Wildman–Crippen MR) is 150 cm³/mol. The van der Waals surface area contributed by atoms with Crippen LogP contribution in [0.15, 0.2) is 61.2 Å². The Bertz CT molecular complexity index is 1650. The number of rotatable bonds is 8. The molecule has 3 aromatic carbocycles. The predicted octanol–water partition coefficient (Wildman–Crippen LogP) is 8.07. The molecule has 226 valence electrons. The van der Waals surface area contributed by atoms with E-state index in [1.807, 2.05) is 5.32 Å². The molecular formula is C28H18Cl3F6N3O3. The highest BCUT2D eigenvalue weighted by atomic mass is 35.5. The van der Waals surface area contributed by atoms with Gasteiger partial charge in [0.1, 0.15) is 21.7 Å². The van der Waals surface area contributed by atoms with Crippen molar-refractivity contribution in [1.82, 2.24) is 0 Å². The van der Waals surface area contributed by atoms with Gasteiger partial charge in [0.15, 0.2) is 5.82 Å². The lowest BCUT2D eigenvalue weighted by Gasteiger charge is -2.13. The number of nitrogens with one attached hydrogen (secondary N) is 3. The van der Waals surface area contributed by atoms with Crippen LogP contribution >= 0.6 is 34.8 Å². The number of carbonyl (C=O) groups excluding carboxylic acids is 3. The van der Waals surface area contributed by atoms with Crippen molar-refractivity contribution >= 4 is 69.6 Å². The van der Waals surface area contributed by atoms with Crippen molar-refractivity contribution in [1.29, 1.82) is 0 Å². The van der Waals surface area contributed by atoms with Crippen LogP contribution in [0.5, 0.6) is 0 Å². The number of amides is 3. The molecule has 4 rings (SSSR count). The summed E-state index contributed by atoms with van der Waals surface area (Å²) in [6, 6.07) is 7.07. The van der Waals surface area contributed by atoms with Crippen molar-refractivity contribution in [3.63, 3.8) is 0 Å². The number of hydrogen-bond acceptors (Lipinski definition) is 3. The van der Waals surface area contributed by atoms with Crippen LogP contribution in [0.3, 0.4) is 0 Å². The first-order valence-corrected chi connectivity index (χ1v) is 13.2. The first-order valence-electron chi connectivity index (χ1n) is 12.1. The van der Waals surface area contributed by atoms with E-state index in [-0.39, 0.29) is 28.3 Å². The highest BCUT2D eigenvalue weighted by Gasteiger charge is 2.67. The topological polar surface area (TPSA) is 87.3 Å². The standard InChI is InChI=1S/C28H18Cl3F6N3O3/c1-2-3-20(41)40-24-18(33)6-7-19(23(24)34)39-25(42)16-11-15(4-5-17(16)29)38-26(43)22-21(27(22,30)31)12-8-13(28(35,36)37)10-14(32)9-12/h2,4-11,21-22H,1,3H2,(H,38,43)(H,39,42)(H,40,41)/t21-,22+/m0/s1. The molecule has 0 unspecified atom stereocenters. The van der Waals surface area contributed by atoms with Crippen LogP contribution in [0.4, 0.5) is 43.4 Å². The molecule has 15 heteroatoms. The largest absolute Gasteiger partial charge is 0.416 e. The minimum atomic E-state index is -4.86. The molecule has 43 heavy (non-hydrogen) atoms.